The lowest BCUT2D eigenvalue weighted by atomic mass is 10.1. The molecule has 2 N–H and O–H groups in total. The van der Waals surface area contributed by atoms with E-state index >= 15 is 0 Å². The lowest BCUT2D eigenvalue weighted by Gasteiger charge is -2.16. The highest BCUT2D eigenvalue weighted by molar-refractivity contribution is 9.10. The van der Waals surface area contributed by atoms with E-state index in [4.69, 9.17) is 0 Å². The average Bonchev–Trinajstić information content (AvgIpc) is 2.41. The molecule has 1 unspecified atom stereocenters. The normalized spacial score (nSPS) is 11.9. The van der Waals surface area contributed by atoms with Crippen molar-refractivity contribution in [1.82, 2.24) is 4.98 Å². The molecule has 0 saturated heterocycles. The van der Waals surface area contributed by atoms with Gasteiger partial charge in [-0.15, -0.1) is 0 Å². The number of nitrogens with zero attached hydrogens (tertiary/aromatic N) is 1. The summed E-state index contributed by atoms with van der Waals surface area (Å²) in [6.45, 7) is 1.94. The Morgan fingerprint density at radius 1 is 1.37 bits per heavy atom. The summed E-state index contributed by atoms with van der Waals surface area (Å²) in [5.74, 6) is -0.961. The Morgan fingerprint density at radius 2 is 2.16 bits per heavy atom. The summed E-state index contributed by atoms with van der Waals surface area (Å²) in [6.07, 6.45) is 1.72. The SMILES string of the molecule is CC(Nc1ccc(Br)cc1C(=O)O)c1ccccn1. The summed E-state index contributed by atoms with van der Waals surface area (Å²) in [4.78, 5) is 15.5. The molecule has 1 atom stereocenters. The van der Waals surface area contributed by atoms with E-state index in [1.807, 2.05) is 25.1 Å². The number of anilines is 1. The van der Waals surface area contributed by atoms with Crippen LogP contribution in [0.15, 0.2) is 47.1 Å². The van der Waals surface area contributed by atoms with Gasteiger partial charge in [0.05, 0.1) is 17.3 Å². The fourth-order valence-corrected chi connectivity index (χ4v) is 2.12. The van der Waals surface area contributed by atoms with Crippen molar-refractivity contribution in [3.05, 3.63) is 58.3 Å². The van der Waals surface area contributed by atoms with E-state index in [9.17, 15) is 9.90 Å². The highest BCUT2D eigenvalue weighted by Gasteiger charge is 2.13. The molecule has 0 aliphatic rings. The van der Waals surface area contributed by atoms with Crippen LogP contribution < -0.4 is 5.32 Å². The molecule has 0 aliphatic heterocycles. The van der Waals surface area contributed by atoms with Gasteiger partial charge in [0, 0.05) is 16.4 Å². The van der Waals surface area contributed by atoms with Crippen LogP contribution >= 0.6 is 15.9 Å². The Morgan fingerprint density at radius 3 is 2.79 bits per heavy atom. The van der Waals surface area contributed by atoms with Crippen LogP contribution in [0.4, 0.5) is 5.69 Å². The van der Waals surface area contributed by atoms with Crippen molar-refractivity contribution in [2.45, 2.75) is 13.0 Å². The molecule has 0 fully saturated rings. The van der Waals surface area contributed by atoms with E-state index in [0.717, 1.165) is 10.2 Å². The van der Waals surface area contributed by atoms with E-state index < -0.39 is 5.97 Å². The second kappa shape index (κ2) is 5.84. The molecule has 5 heteroatoms. The number of carboxylic acids is 1. The van der Waals surface area contributed by atoms with Crippen LogP contribution in [0.3, 0.4) is 0 Å². The number of hydrogen-bond acceptors (Lipinski definition) is 3. The zero-order chi connectivity index (χ0) is 13.8. The Kier molecular flexibility index (Phi) is 4.16. The number of hydrogen-bond donors (Lipinski definition) is 2. The highest BCUT2D eigenvalue weighted by atomic mass is 79.9. The topological polar surface area (TPSA) is 62.2 Å². The fraction of sp³-hybridized carbons (Fsp3) is 0.143. The minimum atomic E-state index is -0.961. The quantitative estimate of drug-likeness (QED) is 0.901. The molecule has 0 aliphatic carbocycles. The first kappa shape index (κ1) is 13.5. The summed E-state index contributed by atoms with van der Waals surface area (Å²) in [5, 5.41) is 12.4. The number of carbonyl (C=O) groups is 1. The van der Waals surface area contributed by atoms with Crippen molar-refractivity contribution in [3.8, 4) is 0 Å². The average molecular weight is 321 g/mol. The number of halogens is 1. The van der Waals surface area contributed by atoms with Gasteiger partial charge in [-0.1, -0.05) is 22.0 Å². The van der Waals surface area contributed by atoms with Crippen molar-refractivity contribution in [1.29, 1.82) is 0 Å². The molecule has 4 nitrogen and oxygen atoms in total. The number of aromatic carboxylic acids is 1. The molecule has 1 heterocycles. The number of rotatable bonds is 4. The highest BCUT2D eigenvalue weighted by Crippen LogP contribution is 2.24. The Bertz CT molecular complexity index is 587. The lowest BCUT2D eigenvalue weighted by molar-refractivity contribution is 0.0698. The van der Waals surface area contributed by atoms with Crippen LogP contribution in [0, 0.1) is 0 Å². The molecule has 2 rings (SSSR count). The third-order valence-corrected chi connectivity index (χ3v) is 3.21. The van der Waals surface area contributed by atoms with E-state index in [1.54, 1.807) is 24.4 Å². The number of benzene rings is 1. The zero-order valence-electron chi connectivity index (χ0n) is 10.3. The second-order valence-electron chi connectivity index (χ2n) is 4.12. The van der Waals surface area contributed by atoms with Gasteiger partial charge in [0.15, 0.2) is 0 Å². The van der Waals surface area contributed by atoms with Gasteiger partial charge in [-0.05, 0) is 37.3 Å². The molecular formula is C14H13BrN2O2. The lowest BCUT2D eigenvalue weighted by Crippen LogP contribution is -2.11. The van der Waals surface area contributed by atoms with Gasteiger partial charge in [-0.25, -0.2) is 4.79 Å². The molecule has 1 aromatic heterocycles. The summed E-state index contributed by atoms with van der Waals surface area (Å²) in [7, 11) is 0. The van der Waals surface area contributed by atoms with Crippen molar-refractivity contribution in [2.75, 3.05) is 5.32 Å². The van der Waals surface area contributed by atoms with Crippen molar-refractivity contribution < 1.29 is 9.90 Å². The van der Waals surface area contributed by atoms with Crippen LogP contribution in [0.2, 0.25) is 0 Å². The predicted molar refractivity (Wildman–Crippen MR) is 77.4 cm³/mol. The van der Waals surface area contributed by atoms with Gasteiger partial charge in [-0.2, -0.15) is 0 Å². The van der Waals surface area contributed by atoms with Gasteiger partial charge in [0.2, 0.25) is 0 Å². The summed E-state index contributed by atoms with van der Waals surface area (Å²) in [6, 6.07) is 10.7. The van der Waals surface area contributed by atoms with Gasteiger partial charge in [0.1, 0.15) is 0 Å². The predicted octanol–water partition coefficient (Wildman–Crippen LogP) is 3.72. The van der Waals surface area contributed by atoms with Crippen molar-refractivity contribution in [2.24, 2.45) is 0 Å². The van der Waals surface area contributed by atoms with Crippen LogP contribution in [-0.2, 0) is 0 Å². The second-order valence-corrected chi connectivity index (χ2v) is 5.03. The van der Waals surface area contributed by atoms with Gasteiger partial charge in [0.25, 0.3) is 0 Å². The first-order chi connectivity index (χ1) is 9.08. The Balaban J connectivity index is 2.26. The molecule has 0 bridgehead atoms. The molecule has 1 aromatic carbocycles. The molecule has 0 saturated carbocycles. The minimum Gasteiger partial charge on any atom is -0.478 e. The van der Waals surface area contributed by atoms with E-state index in [-0.39, 0.29) is 11.6 Å². The van der Waals surface area contributed by atoms with Gasteiger partial charge in [-0.3, -0.25) is 4.98 Å². The van der Waals surface area contributed by atoms with E-state index in [2.05, 4.69) is 26.2 Å². The van der Waals surface area contributed by atoms with Crippen LogP contribution in [-0.4, -0.2) is 16.1 Å². The van der Waals surface area contributed by atoms with E-state index in [1.165, 1.54) is 0 Å². The van der Waals surface area contributed by atoms with Crippen molar-refractivity contribution in [3.63, 3.8) is 0 Å². The van der Waals surface area contributed by atoms with Gasteiger partial charge >= 0.3 is 5.97 Å². The van der Waals surface area contributed by atoms with Crippen molar-refractivity contribution >= 4 is 27.6 Å². The summed E-state index contributed by atoms with van der Waals surface area (Å²) >= 11 is 3.27. The molecule has 0 radical (unpaired) electrons. The third-order valence-electron chi connectivity index (χ3n) is 2.72. The van der Waals surface area contributed by atoms with Crippen LogP contribution in [0.5, 0.6) is 0 Å². The summed E-state index contributed by atoms with van der Waals surface area (Å²) in [5.41, 5.74) is 1.67. The van der Waals surface area contributed by atoms with Crippen LogP contribution in [0.1, 0.15) is 29.0 Å². The maximum atomic E-state index is 11.2. The molecule has 19 heavy (non-hydrogen) atoms. The van der Waals surface area contributed by atoms with Gasteiger partial charge < -0.3 is 10.4 Å². The maximum absolute atomic E-state index is 11.2. The number of aromatic nitrogens is 1. The summed E-state index contributed by atoms with van der Waals surface area (Å²) < 4.78 is 0.737. The Labute approximate surface area is 119 Å². The smallest absolute Gasteiger partial charge is 0.337 e. The minimum absolute atomic E-state index is 0.0690. The number of nitrogens with one attached hydrogen (secondary N) is 1. The molecule has 2 aromatic rings. The number of pyridine rings is 1. The largest absolute Gasteiger partial charge is 0.478 e. The maximum Gasteiger partial charge on any atom is 0.337 e. The number of carboxylic acid groups (broad SMARTS) is 1. The molecular weight excluding hydrogens is 308 g/mol. The first-order valence-corrected chi connectivity index (χ1v) is 6.57. The third kappa shape index (κ3) is 3.32. The fourth-order valence-electron chi connectivity index (χ4n) is 1.76. The molecule has 98 valence electrons. The Hall–Kier alpha value is -1.88. The molecule has 0 amide bonds. The first-order valence-electron chi connectivity index (χ1n) is 5.78. The zero-order valence-corrected chi connectivity index (χ0v) is 11.9. The monoisotopic (exact) mass is 320 g/mol. The van der Waals surface area contributed by atoms with E-state index in [0.29, 0.717) is 5.69 Å². The van der Waals surface area contributed by atoms with Crippen LogP contribution in [0.25, 0.3) is 0 Å². The standard InChI is InChI=1S/C14H13BrN2O2/c1-9(12-4-2-3-7-16-12)17-13-6-5-10(15)8-11(13)14(18)19/h2-9,17H,1H3,(H,18,19). The molecule has 0 spiro atoms.